The SMILES string of the molecule is CC(C)N1CCC(NC(=O)c2ccc(Br)cc2F)CC1. The summed E-state index contributed by atoms with van der Waals surface area (Å²) in [5, 5.41) is 2.93. The first-order chi connectivity index (χ1) is 9.47. The third-order valence-corrected chi connectivity index (χ3v) is 4.26. The average Bonchev–Trinajstić information content (AvgIpc) is 2.39. The second kappa shape index (κ2) is 6.68. The largest absolute Gasteiger partial charge is 0.349 e. The monoisotopic (exact) mass is 342 g/mol. The molecule has 1 aromatic rings. The molecule has 2 rings (SSSR count). The van der Waals surface area contributed by atoms with Gasteiger partial charge in [0.05, 0.1) is 5.56 Å². The summed E-state index contributed by atoms with van der Waals surface area (Å²) in [4.78, 5) is 14.5. The van der Waals surface area contributed by atoms with E-state index in [1.54, 1.807) is 6.07 Å². The molecule has 1 heterocycles. The summed E-state index contributed by atoms with van der Waals surface area (Å²) >= 11 is 3.19. The van der Waals surface area contributed by atoms with Crippen LogP contribution in [-0.2, 0) is 0 Å². The van der Waals surface area contributed by atoms with Gasteiger partial charge in [0, 0.05) is 29.6 Å². The van der Waals surface area contributed by atoms with E-state index in [4.69, 9.17) is 0 Å². The summed E-state index contributed by atoms with van der Waals surface area (Å²) < 4.78 is 14.4. The summed E-state index contributed by atoms with van der Waals surface area (Å²) in [6.45, 7) is 6.31. The van der Waals surface area contributed by atoms with Crippen LogP contribution in [0.3, 0.4) is 0 Å². The van der Waals surface area contributed by atoms with Gasteiger partial charge in [-0.2, -0.15) is 0 Å². The Kier molecular flexibility index (Phi) is 5.16. The molecule has 20 heavy (non-hydrogen) atoms. The summed E-state index contributed by atoms with van der Waals surface area (Å²) in [5.41, 5.74) is 0.111. The number of likely N-dealkylation sites (tertiary alicyclic amines) is 1. The van der Waals surface area contributed by atoms with E-state index in [2.05, 4.69) is 40.0 Å². The van der Waals surface area contributed by atoms with Gasteiger partial charge in [0.15, 0.2) is 0 Å². The third kappa shape index (κ3) is 3.79. The van der Waals surface area contributed by atoms with Gasteiger partial charge in [0.25, 0.3) is 5.91 Å². The first kappa shape index (κ1) is 15.4. The number of piperidine rings is 1. The first-order valence-electron chi connectivity index (χ1n) is 6.97. The molecule has 0 unspecified atom stereocenters. The molecule has 1 amide bonds. The highest BCUT2D eigenvalue weighted by Gasteiger charge is 2.23. The van der Waals surface area contributed by atoms with Crippen molar-refractivity contribution in [3.8, 4) is 0 Å². The summed E-state index contributed by atoms with van der Waals surface area (Å²) in [6, 6.07) is 5.18. The van der Waals surface area contributed by atoms with Gasteiger partial charge in [-0.1, -0.05) is 15.9 Å². The fourth-order valence-corrected chi connectivity index (χ4v) is 2.83. The van der Waals surface area contributed by atoms with Gasteiger partial charge in [0.1, 0.15) is 5.82 Å². The van der Waals surface area contributed by atoms with E-state index in [0.717, 1.165) is 25.9 Å². The Balaban J connectivity index is 1.92. The molecule has 0 bridgehead atoms. The van der Waals surface area contributed by atoms with Gasteiger partial charge in [0.2, 0.25) is 0 Å². The molecular formula is C15H20BrFN2O. The number of hydrogen-bond donors (Lipinski definition) is 1. The molecule has 1 fully saturated rings. The number of hydrogen-bond acceptors (Lipinski definition) is 2. The van der Waals surface area contributed by atoms with Crippen LogP contribution in [0.25, 0.3) is 0 Å². The van der Waals surface area contributed by atoms with Crippen LogP contribution in [0.5, 0.6) is 0 Å². The van der Waals surface area contributed by atoms with E-state index >= 15 is 0 Å². The standard InChI is InChI=1S/C15H20BrFN2O/c1-10(2)19-7-5-12(6-8-19)18-15(20)13-4-3-11(16)9-14(13)17/h3-4,9-10,12H,5-8H2,1-2H3,(H,18,20). The van der Waals surface area contributed by atoms with Crippen LogP contribution in [0, 0.1) is 5.82 Å². The van der Waals surface area contributed by atoms with Crippen molar-refractivity contribution in [2.24, 2.45) is 0 Å². The second-order valence-electron chi connectivity index (χ2n) is 5.50. The third-order valence-electron chi connectivity index (χ3n) is 3.77. The van der Waals surface area contributed by atoms with Gasteiger partial charge in [-0.25, -0.2) is 4.39 Å². The Labute approximate surface area is 127 Å². The van der Waals surface area contributed by atoms with Crippen molar-refractivity contribution in [2.45, 2.75) is 38.8 Å². The molecule has 5 heteroatoms. The van der Waals surface area contributed by atoms with Crippen LogP contribution < -0.4 is 5.32 Å². The van der Waals surface area contributed by atoms with Crippen molar-refractivity contribution in [1.82, 2.24) is 10.2 Å². The van der Waals surface area contributed by atoms with Crippen molar-refractivity contribution >= 4 is 21.8 Å². The maximum Gasteiger partial charge on any atom is 0.254 e. The molecule has 1 saturated heterocycles. The van der Waals surface area contributed by atoms with Crippen molar-refractivity contribution in [2.75, 3.05) is 13.1 Å². The van der Waals surface area contributed by atoms with Crippen LogP contribution in [0.2, 0.25) is 0 Å². The fourth-order valence-electron chi connectivity index (χ4n) is 2.50. The number of carbonyl (C=O) groups excluding carboxylic acids is 1. The lowest BCUT2D eigenvalue weighted by atomic mass is 10.0. The zero-order chi connectivity index (χ0) is 14.7. The lowest BCUT2D eigenvalue weighted by Crippen LogP contribution is -2.46. The lowest BCUT2D eigenvalue weighted by molar-refractivity contribution is 0.0896. The summed E-state index contributed by atoms with van der Waals surface area (Å²) in [7, 11) is 0. The number of carbonyl (C=O) groups is 1. The molecule has 1 aliphatic heterocycles. The van der Waals surface area contributed by atoms with Crippen LogP contribution in [-0.4, -0.2) is 36.0 Å². The fraction of sp³-hybridized carbons (Fsp3) is 0.533. The molecule has 0 spiro atoms. The molecule has 0 saturated carbocycles. The minimum Gasteiger partial charge on any atom is -0.349 e. The lowest BCUT2D eigenvalue weighted by Gasteiger charge is -2.34. The normalized spacial score (nSPS) is 17.4. The second-order valence-corrected chi connectivity index (χ2v) is 6.42. The first-order valence-corrected chi connectivity index (χ1v) is 7.76. The van der Waals surface area contributed by atoms with Gasteiger partial charge in [-0.3, -0.25) is 4.79 Å². The van der Waals surface area contributed by atoms with E-state index in [1.165, 1.54) is 12.1 Å². The quantitative estimate of drug-likeness (QED) is 0.914. The average molecular weight is 343 g/mol. The molecule has 0 aliphatic carbocycles. The number of halogens is 2. The number of nitrogens with zero attached hydrogens (tertiary/aromatic N) is 1. The van der Waals surface area contributed by atoms with E-state index in [9.17, 15) is 9.18 Å². The van der Waals surface area contributed by atoms with Gasteiger partial charge < -0.3 is 10.2 Å². The number of nitrogens with one attached hydrogen (secondary N) is 1. The zero-order valence-corrected chi connectivity index (χ0v) is 13.4. The minimum absolute atomic E-state index is 0.111. The van der Waals surface area contributed by atoms with E-state index < -0.39 is 5.82 Å². The van der Waals surface area contributed by atoms with Crippen molar-refractivity contribution in [1.29, 1.82) is 0 Å². The molecule has 1 aliphatic rings. The van der Waals surface area contributed by atoms with E-state index in [0.29, 0.717) is 10.5 Å². The molecule has 0 aromatic heterocycles. The number of amides is 1. The summed E-state index contributed by atoms with van der Waals surface area (Å²) in [6.07, 6.45) is 1.84. The topological polar surface area (TPSA) is 32.3 Å². The number of rotatable bonds is 3. The van der Waals surface area contributed by atoms with Crippen molar-refractivity contribution in [3.05, 3.63) is 34.1 Å². The highest BCUT2D eigenvalue weighted by molar-refractivity contribution is 9.10. The van der Waals surface area contributed by atoms with Crippen LogP contribution in [0.15, 0.2) is 22.7 Å². The van der Waals surface area contributed by atoms with Crippen LogP contribution in [0.4, 0.5) is 4.39 Å². The molecule has 1 aromatic carbocycles. The van der Waals surface area contributed by atoms with Gasteiger partial charge >= 0.3 is 0 Å². The molecule has 110 valence electrons. The highest BCUT2D eigenvalue weighted by atomic mass is 79.9. The Hall–Kier alpha value is -0.940. The molecule has 1 N–H and O–H groups in total. The van der Waals surface area contributed by atoms with Crippen molar-refractivity contribution < 1.29 is 9.18 Å². The summed E-state index contributed by atoms with van der Waals surface area (Å²) in [5.74, 6) is -0.811. The van der Waals surface area contributed by atoms with Gasteiger partial charge in [-0.05, 0) is 44.9 Å². The molecule has 3 nitrogen and oxygen atoms in total. The zero-order valence-electron chi connectivity index (χ0n) is 11.8. The Morgan fingerprint density at radius 1 is 1.40 bits per heavy atom. The van der Waals surface area contributed by atoms with Crippen LogP contribution >= 0.6 is 15.9 Å². The smallest absolute Gasteiger partial charge is 0.254 e. The predicted octanol–water partition coefficient (Wildman–Crippen LogP) is 3.19. The Morgan fingerprint density at radius 3 is 2.60 bits per heavy atom. The Morgan fingerprint density at radius 2 is 2.05 bits per heavy atom. The molecular weight excluding hydrogens is 323 g/mol. The van der Waals surface area contributed by atoms with Gasteiger partial charge in [-0.15, -0.1) is 0 Å². The van der Waals surface area contributed by atoms with E-state index in [-0.39, 0.29) is 17.5 Å². The highest BCUT2D eigenvalue weighted by Crippen LogP contribution is 2.17. The number of benzene rings is 1. The minimum atomic E-state index is -0.489. The van der Waals surface area contributed by atoms with Crippen molar-refractivity contribution in [3.63, 3.8) is 0 Å². The predicted molar refractivity (Wildman–Crippen MR) is 81.3 cm³/mol. The molecule has 0 radical (unpaired) electrons. The maximum atomic E-state index is 13.7. The molecule has 0 atom stereocenters. The van der Waals surface area contributed by atoms with Crippen LogP contribution in [0.1, 0.15) is 37.0 Å². The maximum absolute atomic E-state index is 13.7. The Bertz CT molecular complexity index is 485. The van der Waals surface area contributed by atoms with E-state index in [1.807, 2.05) is 0 Å².